The summed E-state index contributed by atoms with van der Waals surface area (Å²) in [5.74, 6) is -0.673. The summed E-state index contributed by atoms with van der Waals surface area (Å²) in [5.41, 5.74) is 0.913. The average molecular weight is 497 g/mol. The van der Waals surface area contributed by atoms with E-state index in [0.29, 0.717) is 15.8 Å². The van der Waals surface area contributed by atoms with Gasteiger partial charge in [-0.05, 0) is 51.3 Å². The van der Waals surface area contributed by atoms with Crippen molar-refractivity contribution in [2.75, 3.05) is 25.0 Å². The van der Waals surface area contributed by atoms with Gasteiger partial charge in [-0.15, -0.1) is 11.3 Å². The summed E-state index contributed by atoms with van der Waals surface area (Å²) in [6.45, 7) is 5.08. The Bertz CT molecular complexity index is 989. The first-order valence-electron chi connectivity index (χ1n) is 10.5. The van der Waals surface area contributed by atoms with E-state index in [-0.39, 0.29) is 47.3 Å². The molecule has 1 aromatic carbocycles. The van der Waals surface area contributed by atoms with Crippen LogP contribution in [0.15, 0.2) is 23.6 Å². The summed E-state index contributed by atoms with van der Waals surface area (Å²) < 4.78 is 0. The molecule has 1 fully saturated rings. The molecular formula is C22H26Cl2N4O3S. The molecule has 172 valence electrons. The lowest BCUT2D eigenvalue weighted by atomic mass is 10.1. The second-order valence-corrected chi connectivity index (χ2v) is 9.66. The minimum Gasteiger partial charge on any atom is -0.342 e. The molecule has 1 aliphatic heterocycles. The van der Waals surface area contributed by atoms with Gasteiger partial charge in [0.2, 0.25) is 11.8 Å². The molecule has 0 spiro atoms. The predicted molar refractivity (Wildman–Crippen MR) is 128 cm³/mol. The highest BCUT2D eigenvalue weighted by molar-refractivity contribution is 7.13. The van der Waals surface area contributed by atoms with Gasteiger partial charge >= 0.3 is 0 Å². The maximum Gasteiger partial charge on any atom is 0.256 e. The Morgan fingerprint density at radius 2 is 1.91 bits per heavy atom. The van der Waals surface area contributed by atoms with Crippen molar-refractivity contribution in [3.8, 4) is 0 Å². The summed E-state index contributed by atoms with van der Waals surface area (Å²) in [6, 6.07) is 4.40. The SMILES string of the molecule is CC(C)N(CC(=O)Nc1nc(CC(=O)N2CCCCC2)cs1)C(=O)c1ccc(Cl)cc1Cl. The zero-order valence-corrected chi connectivity index (χ0v) is 20.4. The highest BCUT2D eigenvalue weighted by Crippen LogP contribution is 2.23. The molecule has 2 heterocycles. The number of benzene rings is 1. The largest absolute Gasteiger partial charge is 0.342 e. The number of nitrogens with one attached hydrogen (secondary N) is 1. The van der Waals surface area contributed by atoms with Crippen molar-refractivity contribution >= 4 is 57.4 Å². The van der Waals surface area contributed by atoms with E-state index in [4.69, 9.17) is 23.2 Å². The van der Waals surface area contributed by atoms with Crippen LogP contribution < -0.4 is 5.32 Å². The molecule has 3 rings (SSSR count). The van der Waals surface area contributed by atoms with E-state index in [1.165, 1.54) is 22.3 Å². The maximum absolute atomic E-state index is 12.9. The van der Waals surface area contributed by atoms with E-state index in [1.807, 2.05) is 18.7 Å². The van der Waals surface area contributed by atoms with Crippen molar-refractivity contribution in [2.24, 2.45) is 0 Å². The number of rotatable bonds is 7. The number of carbonyl (C=O) groups excluding carboxylic acids is 3. The second kappa shape index (κ2) is 11.1. The predicted octanol–water partition coefficient (Wildman–Crippen LogP) is 4.49. The van der Waals surface area contributed by atoms with Gasteiger partial charge in [0, 0.05) is 29.5 Å². The summed E-state index contributed by atoms with van der Waals surface area (Å²) >= 11 is 13.3. The van der Waals surface area contributed by atoms with Crippen LogP contribution >= 0.6 is 34.5 Å². The number of halogens is 2. The van der Waals surface area contributed by atoms with Gasteiger partial charge in [-0.25, -0.2) is 4.98 Å². The number of nitrogens with zero attached hydrogens (tertiary/aromatic N) is 3. The standard InChI is InChI=1S/C22H26Cl2N4O3S/c1-14(2)28(21(31)17-7-6-15(23)10-18(17)24)12-19(29)26-22-25-16(13-32-22)11-20(30)27-8-4-3-5-9-27/h6-7,10,13-14H,3-5,8-9,11-12H2,1-2H3,(H,25,26,29). The minimum absolute atomic E-state index is 0.0595. The Balaban J connectivity index is 1.59. The number of thiazole rings is 1. The van der Waals surface area contributed by atoms with Crippen molar-refractivity contribution in [3.63, 3.8) is 0 Å². The number of likely N-dealkylation sites (tertiary alicyclic amines) is 1. The highest BCUT2D eigenvalue weighted by atomic mass is 35.5. The van der Waals surface area contributed by atoms with E-state index in [1.54, 1.807) is 17.5 Å². The molecule has 0 radical (unpaired) electrons. The number of hydrogen-bond donors (Lipinski definition) is 1. The van der Waals surface area contributed by atoms with Crippen molar-refractivity contribution in [1.29, 1.82) is 0 Å². The number of anilines is 1. The molecule has 0 saturated carbocycles. The molecule has 10 heteroatoms. The van der Waals surface area contributed by atoms with Gasteiger partial charge in [-0.3, -0.25) is 14.4 Å². The lowest BCUT2D eigenvalue weighted by molar-refractivity contribution is -0.131. The number of hydrogen-bond acceptors (Lipinski definition) is 5. The fourth-order valence-electron chi connectivity index (χ4n) is 3.48. The van der Waals surface area contributed by atoms with Crippen molar-refractivity contribution in [1.82, 2.24) is 14.8 Å². The number of aromatic nitrogens is 1. The molecule has 0 bridgehead atoms. The minimum atomic E-state index is -0.375. The Morgan fingerprint density at radius 1 is 1.19 bits per heavy atom. The van der Waals surface area contributed by atoms with Crippen molar-refractivity contribution in [3.05, 3.63) is 44.9 Å². The molecule has 32 heavy (non-hydrogen) atoms. The highest BCUT2D eigenvalue weighted by Gasteiger charge is 2.24. The monoisotopic (exact) mass is 496 g/mol. The first-order chi connectivity index (χ1) is 15.2. The topological polar surface area (TPSA) is 82.6 Å². The Kier molecular flexibility index (Phi) is 8.51. The summed E-state index contributed by atoms with van der Waals surface area (Å²) in [7, 11) is 0. The molecule has 7 nitrogen and oxygen atoms in total. The van der Waals surface area contributed by atoms with Crippen LogP contribution in [0.5, 0.6) is 0 Å². The zero-order valence-electron chi connectivity index (χ0n) is 18.1. The number of amides is 3. The summed E-state index contributed by atoms with van der Waals surface area (Å²) in [5, 5.41) is 5.56. The molecule has 3 amide bonds. The summed E-state index contributed by atoms with van der Waals surface area (Å²) in [6.07, 6.45) is 3.46. The lowest BCUT2D eigenvalue weighted by Crippen LogP contribution is -2.42. The molecule has 1 saturated heterocycles. The lowest BCUT2D eigenvalue weighted by Gasteiger charge is -2.26. The van der Waals surface area contributed by atoms with Crippen LogP contribution in [0.3, 0.4) is 0 Å². The molecule has 1 aromatic heterocycles. The first kappa shape index (κ1) is 24.5. The normalized spacial score (nSPS) is 13.8. The first-order valence-corrected chi connectivity index (χ1v) is 12.2. The Hall–Kier alpha value is -2.16. The zero-order chi connectivity index (χ0) is 23.3. The quantitative estimate of drug-likeness (QED) is 0.611. The number of piperidine rings is 1. The van der Waals surface area contributed by atoms with Crippen molar-refractivity contribution in [2.45, 2.75) is 45.6 Å². The number of carbonyl (C=O) groups is 3. The molecule has 2 aromatic rings. The molecule has 0 atom stereocenters. The van der Waals surface area contributed by atoms with Gasteiger partial charge in [0.05, 0.1) is 22.7 Å². The van der Waals surface area contributed by atoms with Gasteiger partial charge in [-0.2, -0.15) is 0 Å². The fraction of sp³-hybridized carbons (Fsp3) is 0.455. The van der Waals surface area contributed by atoms with E-state index in [0.717, 1.165) is 32.4 Å². The Labute approximate surface area is 201 Å². The van der Waals surface area contributed by atoms with Gasteiger partial charge in [0.25, 0.3) is 5.91 Å². The molecular weight excluding hydrogens is 471 g/mol. The van der Waals surface area contributed by atoms with Crippen LogP contribution in [-0.4, -0.2) is 58.2 Å². The third-order valence-electron chi connectivity index (χ3n) is 5.20. The molecule has 1 N–H and O–H groups in total. The smallest absolute Gasteiger partial charge is 0.256 e. The van der Waals surface area contributed by atoms with Gasteiger partial charge in [0.1, 0.15) is 6.54 Å². The molecule has 0 unspecified atom stereocenters. The Morgan fingerprint density at radius 3 is 2.56 bits per heavy atom. The average Bonchev–Trinajstić information content (AvgIpc) is 3.18. The third-order valence-corrected chi connectivity index (χ3v) is 6.55. The van der Waals surface area contributed by atoms with E-state index >= 15 is 0 Å². The van der Waals surface area contributed by atoms with Crippen LogP contribution in [0.1, 0.15) is 49.2 Å². The van der Waals surface area contributed by atoms with Crippen LogP contribution in [-0.2, 0) is 16.0 Å². The van der Waals surface area contributed by atoms with Crippen LogP contribution in [0.4, 0.5) is 5.13 Å². The summed E-state index contributed by atoms with van der Waals surface area (Å²) in [4.78, 5) is 45.6. The molecule has 0 aliphatic carbocycles. The maximum atomic E-state index is 12.9. The van der Waals surface area contributed by atoms with Gasteiger partial charge in [0.15, 0.2) is 5.13 Å². The fourth-order valence-corrected chi connectivity index (χ4v) is 4.69. The van der Waals surface area contributed by atoms with E-state index in [9.17, 15) is 14.4 Å². The second-order valence-electron chi connectivity index (χ2n) is 7.96. The van der Waals surface area contributed by atoms with Crippen LogP contribution in [0.25, 0.3) is 0 Å². The van der Waals surface area contributed by atoms with Gasteiger partial charge in [-0.1, -0.05) is 23.2 Å². The third kappa shape index (κ3) is 6.43. The van der Waals surface area contributed by atoms with Crippen LogP contribution in [0, 0.1) is 0 Å². The van der Waals surface area contributed by atoms with Crippen molar-refractivity contribution < 1.29 is 14.4 Å². The van der Waals surface area contributed by atoms with E-state index < -0.39 is 0 Å². The van der Waals surface area contributed by atoms with Gasteiger partial charge < -0.3 is 15.1 Å². The van der Waals surface area contributed by atoms with E-state index in [2.05, 4.69) is 10.3 Å². The van der Waals surface area contributed by atoms with Crippen LogP contribution in [0.2, 0.25) is 10.0 Å². The molecule has 1 aliphatic rings.